The molecule has 46 valence electrons. The van der Waals surface area contributed by atoms with Crippen molar-refractivity contribution in [1.82, 2.24) is 0 Å². The van der Waals surface area contributed by atoms with Crippen molar-refractivity contribution in [1.29, 1.82) is 5.41 Å². The molecule has 0 aliphatic carbocycles. The number of guanidine groups is 1. The predicted octanol–water partition coefficient (Wildman–Crippen LogP) is 0.751. The molecule has 0 fully saturated rings. The molecule has 0 saturated heterocycles. The summed E-state index contributed by atoms with van der Waals surface area (Å²) < 4.78 is 0. The number of nitrogens with zero attached hydrogens (tertiary/aromatic N) is 1. The molecule has 0 atom stereocenters. The van der Waals surface area contributed by atoms with Gasteiger partial charge in [0.25, 0.3) is 0 Å². The molecule has 3 nitrogen and oxygen atoms in total. The largest absolute Gasteiger partial charge is 0.368 e. The van der Waals surface area contributed by atoms with E-state index < -0.39 is 0 Å². The number of aliphatic imine (C=N–C) groups is 1. The van der Waals surface area contributed by atoms with Crippen LogP contribution in [0.4, 0.5) is 0 Å². The molecule has 0 aromatic rings. The van der Waals surface area contributed by atoms with Gasteiger partial charge in [-0.25, -0.2) is 4.99 Å². The number of hydrogen-bond acceptors (Lipinski definition) is 1. The van der Waals surface area contributed by atoms with Crippen molar-refractivity contribution in [3.63, 3.8) is 0 Å². The van der Waals surface area contributed by atoms with E-state index in [0.29, 0.717) is 0 Å². The van der Waals surface area contributed by atoms with Gasteiger partial charge in [-0.1, -0.05) is 6.92 Å². The van der Waals surface area contributed by atoms with Gasteiger partial charge < -0.3 is 5.73 Å². The first-order valence-electron chi connectivity index (χ1n) is 2.55. The van der Waals surface area contributed by atoms with Crippen LogP contribution in [0, 0.1) is 5.41 Å². The van der Waals surface area contributed by atoms with Crippen LogP contribution in [0.2, 0.25) is 0 Å². The fourth-order valence-corrected chi connectivity index (χ4v) is 0.285. The van der Waals surface area contributed by atoms with Crippen molar-refractivity contribution in [2.45, 2.75) is 20.3 Å². The van der Waals surface area contributed by atoms with E-state index in [1.54, 1.807) is 0 Å². The Bertz CT molecular complexity index is 115. The molecule has 0 aliphatic heterocycles. The first-order valence-corrected chi connectivity index (χ1v) is 2.55. The Labute approximate surface area is 49.1 Å². The first-order chi connectivity index (χ1) is 3.66. The second-order valence-corrected chi connectivity index (χ2v) is 1.59. The van der Waals surface area contributed by atoms with Gasteiger partial charge in [-0.3, -0.25) is 5.41 Å². The van der Waals surface area contributed by atoms with Gasteiger partial charge in [0.15, 0.2) is 0 Å². The lowest BCUT2D eigenvalue weighted by atomic mass is 10.3. The highest BCUT2D eigenvalue weighted by Crippen LogP contribution is 1.81. The van der Waals surface area contributed by atoms with Crippen molar-refractivity contribution in [2.75, 3.05) is 0 Å². The van der Waals surface area contributed by atoms with Crippen LogP contribution in [-0.4, -0.2) is 11.7 Å². The smallest absolute Gasteiger partial charge is 0.212 e. The van der Waals surface area contributed by atoms with Crippen LogP contribution < -0.4 is 5.73 Å². The molecule has 0 aliphatic rings. The number of rotatable bonds is 1. The van der Waals surface area contributed by atoms with E-state index in [0.717, 1.165) is 12.1 Å². The number of nitrogens with two attached hydrogens (primary N) is 1. The fourth-order valence-electron chi connectivity index (χ4n) is 0.285. The number of nitrogens with one attached hydrogen (secondary N) is 1. The maximum absolute atomic E-state index is 6.72. The molecule has 3 heteroatoms. The summed E-state index contributed by atoms with van der Waals surface area (Å²) in [7, 11) is 0. The third kappa shape index (κ3) is 3.33. The van der Waals surface area contributed by atoms with Gasteiger partial charge in [0.05, 0.1) is 0 Å². The molecule has 0 saturated carbocycles. The van der Waals surface area contributed by atoms with E-state index in [1.807, 2.05) is 13.8 Å². The van der Waals surface area contributed by atoms with Crippen molar-refractivity contribution < 1.29 is 0 Å². The lowest BCUT2D eigenvalue weighted by Gasteiger charge is -1.89. The summed E-state index contributed by atoms with van der Waals surface area (Å²) in [6.07, 6.45) is 0.861. The summed E-state index contributed by atoms with van der Waals surface area (Å²) in [6, 6.07) is 0. The molecule has 0 spiro atoms. The van der Waals surface area contributed by atoms with Gasteiger partial charge >= 0.3 is 0 Å². The van der Waals surface area contributed by atoms with E-state index in [4.69, 9.17) is 11.1 Å². The van der Waals surface area contributed by atoms with E-state index in [-0.39, 0.29) is 5.96 Å². The summed E-state index contributed by atoms with van der Waals surface area (Å²) in [5.41, 5.74) is 5.87. The van der Waals surface area contributed by atoms with Gasteiger partial charge in [-0.2, -0.15) is 0 Å². The van der Waals surface area contributed by atoms with E-state index in [2.05, 4.69) is 4.99 Å². The minimum Gasteiger partial charge on any atom is -0.368 e. The zero-order chi connectivity index (χ0) is 6.57. The fraction of sp³-hybridized carbons (Fsp3) is 0.600. The van der Waals surface area contributed by atoms with Gasteiger partial charge in [0.1, 0.15) is 0 Å². The maximum atomic E-state index is 6.72. The van der Waals surface area contributed by atoms with Crippen molar-refractivity contribution in [3.8, 4) is 0 Å². The van der Waals surface area contributed by atoms with Gasteiger partial charge in [0, 0.05) is 5.71 Å². The van der Waals surface area contributed by atoms with E-state index in [9.17, 15) is 0 Å². The summed E-state index contributed by atoms with van der Waals surface area (Å²) >= 11 is 0. The predicted molar refractivity (Wildman–Crippen MR) is 35.3 cm³/mol. The molecule has 0 unspecified atom stereocenters. The standard InChI is InChI=1S/C5H11N3/c1-3-4(2)8-5(6)7/h3H2,1-2H3,(H3,6,7)/b8-4-. The molecule has 0 aromatic carbocycles. The van der Waals surface area contributed by atoms with Crippen LogP contribution in [0.15, 0.2) is 4.99 Å². The van der Waals surface area contributed by atoms with Crippen LogP contribution in [0.5, 0.6) is 0 Å². The number of hydrogen-bond donors (Lipinski definition) is 2. The zero-order valence-corrected chi connectivity index (χ0v) is 5.23. The molecule has 3 N–H and O–H groups in total. The molecule has 0 amide bonds. The maximum Gasteiger partial charge on any atom is 0.212 e. The highest BCUT2D eigenvalue weighted by molar-refractivity contribution is 5.93. The Balaban J connectivity index is 3.75. The molecule has 0 rings (SSSR count). The van der Waals surface area contributed by atoms with Crippen molar-refractivity contribution in [2.24, 2.45) is 10.7 Å². The van der Waals surface area contributed by atoms with Gasteiger partial charge in [-0.15, -0.1) is 0 Å². The Hall–Kier alpha value is -0.860. The second-order valence-electron chi connectivity index (χ2n) is 1.59. The molecular weight excluding hydrogens is 102 g/mol. The minimum atomic E-state index is -0.107. The van der Waals surface area contributed by atoms with Crippen LogP contribution in [0.1, 0.15) is 20.3 Å². The monoisotopic (exact) mass is 113 g/mol. The average Bonchev–Trinajstić information content (AvgIpc) is 1.65. The summed E-state index contributed by atoms with van der Waals surface area (Å²) in [5.74, 6) is -0.107. The Morgan fingerprint density at radius 2 is 2.25 bits per heavy atom. The summed E-state index contributed by atoms with van der Waals surface area (Å²) in [6.45, 7) is 3.82. The lowest BCUT2D eigenvalue weighted by molar-refractivity contribution is 1.25. The first kappa shape index (κ1) is 7.14. The molecule has 0 radical (unpaired) electrons. The molecule has 0 heterocycles. The van der Waals surface area contributed by atoms with Crippen LogP contribution in [0.25, 0.3) is 0 Å². The van der Waals surface area contributed by atoms with E-state index in [1.165, 1.54) is 0 Å². The van der Waals surface area contributed by atoms with Crippen molar-refractivity contribution in [3.05, 3.63) is 0 Å². The van der Waals surface area contributed by atoms with Crippen LogP contribution >= 0.6 is 0 Å². The molecule has 8 heavy (non-hydrogen) atoms. The molecule has 0 bridgehead atoms. The van der Waals surface area contributed by atoms with Gasteiger partial charge in [-0.05, 0) is 13.3 Å². The highest BCUT2D eigenvalue weighted by atomic mass is 15.0. The normalized spacial score (nSPS) is 11.5. The van der Waals surface area contributed by atoms with Crippen LogP contribution in [0.3, 0.4) is 0 Å². The Morgan fingerprint density at radius 1 is 1.75 bits per heavy atom. The zero-order valence-electron chi connectivity index (χ0n) is 5.23. The Kier molecular flexibility index (Phi) is 2.84. The summed E-state index contributed by atoms with van der Waals surface area (Å²) in [5, 5.41) is 6.72. The SMILES string of the molecule is CC/C(C)=N\C(=N)N. The quantitative estimate of drug-likeness (QED) is 0.382. The van der Waals surface area contributed by atoms with Crippen LogP contribution in [-0.2, 0) is 0 Å². The highest BCUT2D eigenvalue weighted by Gasteiger charge is 1.83. The molecular formula is C5H11N3. The average molecular weight is 113 g/mol. The topological polar surface area (TPSA) is 62.2 Å². The minimum absolute atomic E-state index is 0.107. The van der Waals surface area contributed by atoms with Gasteiger partial charge in [0.2, 0.25) is 5.96 Å². The van der Waals surface area contributed by atoms with E-state index >= 15 is 0 Å². The third-order valence-electron chi connectivity index (χ3n) is 0.823. The van der Waals surface area contributed by atoms with Crippen molar-refractivity contribution >= 4 is 11.7 Å². The molecule has 0 aromatic heterocycles. The Morgan fingerprint density at radius 3 is 2.38 bits per heavy atom. The summed E-state index contributed by atoms with van der Waals surface area (Å²) in [4.78, 5) is 3.67. The third-order valence-corrected chi connectivity index (χ3v) is 0.823. The second kappa shape index (κ2) is 3.18. The lowest BCUT2D eigenvalue weighted by Crippen LogP contribution is -2.07.